The van der Waals surface area contributed by atoms with E-state index in [0.29, 0.717) is 31.6 Å². The van der Waals surface area contributed by atoms with Crippen LogP contribution >= 0.6 is 15.6 Å². The van der Waals surface area contributed by atoms with Crippen LogP contribution in [-0.2, 0) is 65.4 Å². The molecule has 0 aromatic heterocycles. The maximum Gasteiger partial charge on any atom is 0.472 e. The molecule has 0 aromatic carbocycles. The van der Waals surface area contributed by atoms with Gasteiger partial charge in [-0.05, 0) is 43.4 Å². The Morgan fingerprint density at radius 1 is 0.346 bits per heavy atom. The Balaban J connectivity index is 5.20. The lowest BCUT2D eigenvalue weighted by Gasteiger charge is -2.21. The second-order valence-electron chi connectivity index (χ2n) is 22.8. The molecule has 0 radical (unpaired) electrons. The Morgan fingerprint density at radius 2 is 0.590 bits per heavy atom. The number of aliphatic hydroxyl groups is 1. The van der Waals surface area contributed by atoms with E-state index in [1.807, 2.05) is 0 Å². The molecular weight excluding hydrogens is 1040 g/mol. The summed E-state index contributed by atoms with van der Waals surface area (Å²) >= 11 is 0. The van der Waals surface area contributed by atoms with Crippen molar-refractivity contribution in [3.8, 4) is 0 Å². The van der Waals surface area contributed by atoms with Crippen molar-refractivity contribution < 1.29 is 80.2 Å². The van der Waals surface area contributed by atoms with Crippen molar-refractivity contribution >= 4 is 39.5 Å². The van der Waals surface area contributed by atoms with Crippen molar-refractivity contribution in [1.82, 2.24) is 0 Å². The summed E-state index contributed by atoms with van der Waals surface area (Å²) < 4.78 is 67.6. The van der Waals surface area contributed by atoms with Crippen LogP contribution in [0.3, 0.4) is 0 Å². The molecule has 0 bridgehead atoms. The minimum absolute atomic E-state index is 0.102. The number of esters is 4. The molecule has 0 saturated carbocycles. The number of rotatable bonds is 57. The van der Waals surface area contributed by atoms with Crippen LogP contribution in [0.1, 0.15) is 280 Å². The highest BCUT2D eigenvalue weighted by Gasteiger charge is 2.30. The first-order valence-electron chi connectivity index (χ1n) is 30.8. The van der Waals surface area contributed by atoms with Gasteiger partial charge in [0.25, 0.3) is 0 Å². The number of aliphatic hydroxyl groups excluding tert-OH is 1. The van der Waals surface area contributed by atoms with Crippen LogP contribution < -0.4 is 0 Å². The smallest absolute Gasteiger partial charge is 0.462 e. The van der Waals surface area contributed by atoms with Crippen molar-refractivity contribution in [3.05, 3.63) is 0 Å². The van der Waals surface area contributed by atoms with E-state index in [4.69, 9.17) is 37.0 Å². The molecule has 0 rings (SSSR count). The standard InChI is InChI=1S/C59H114O17P2/c1-8-9-10-23-33-40-56(61)69-46-54(75-59(64)43-36-29-22-16-19-26-32-39-52(6)7)48-73-77(65,66)71-44-53(60)45-72-78(67,68)74-49-55(47-70-57(62)41-34-27-20-15-14-18-25-31-38-51(4)5)76-58(63)42-35-28-21-13-11-12-17-24-30-37-50(2)3/h50-55,60H,8-49H2,1-7H3,(H,65,66)(H,67,68)/t53-,54+,55+/m0/s1. The van der Waals surface area contributed by atoms with Gasteiger partial charge in [0.15, 0.2) is 12.2 Å². The van der Waals surface area contributed by atoms with E-state index in [2.05, 4.69) is 48.5 Å². The molecular formula is C59H114O17P2. The first-order chi connectivity index (χ1) is 37.2. The van der Waals surface area contributed by atoms with Crippen LogP contribution in [0.5, 0.6) is 0 Å². The lowest BCUT2D eigenvalue weighted by atomic mass is 10.0. The van der Waals surface area contributed by atoms with Gasteiger partial charge in [-0.15, -0.1) is 0 Å². The van der Waals surface area contributed by atoms with Gasteiger partial charge in [0, 0.05) is 25.7 Å². The van der Waals surface area contributed by atoms with Gasteiger partial charge in [0.1, 0.15) is 19.3 Å². The Bertz CT molecular complexity index is 1560. The third-order valence-electron chi connectivity index (χ3n) is 13.4. The third-order valence-corrected chi connectivity index (χ3v) is 15.3. The fourth-order valence-electron chi connectivity index (χ4n) is 8.60. The molecule has 462 valence electrons. The Hall–Kier alpha value is -1.94. The predicted octanol–water partition coefficient (Wildman–Crippen LogP) is 15.6. The zero-order valence-corrected chi connectivity index (χ0v) is 51.9. The second-order valence-corrected chi connectivity index (χ2v) is 25.7. The predicted molar refractivity (Wildman–Crippen MR) is 308 cm³/mol. The van der Waals surface area contributed by atoms with Gasteiger partial charge in [-0.2, -0.15) is 0 Å². The zero-order valence-electron chi connectivity index (χ0n) is 50.1. The molecule has 17 nitrogen and oxygen atoms in total. The number of carbonyl (C=O) groups excluding carboxylic acids is 4. The Kier molecular flexibility index (Phi) is 49.5. The minimum Gasteiger partial charge on any atom is -0.462 e. The van der Waals surface area contributed by atoms with E-state index in [1.54, 1.807) is 0 Å². The average molecular weight is 1160 g/mol. The van der Waals surface area contributed by atoms with Crippen LogP contribution in [0.15, 0.2) is 0 Å². The molecule has 0 aliphatic heterocycles. The van der Waals surface area contributed by atoms with Gasteiger partial charge in [-0.1, -0.05) is 228 Å². The molecule has 0 saturated heterocycles. The number of carbonyl (C=O) groups is 4. The first kappa shape index (κ1) is 76.1. The number of unbranched alkanes of at least 4 members (excludes halogenated alkanes) is 25. The van der Waals surface area contributed by atoms with Gasteiger partial charge < -0.3 is 33.8 Å². The fraction of sp³-hybridized carbons (Fsp3) is 0.932. The number of phosphoric ester groups is 2. The number of hydrogen-bond acceptors (Lipinski definition) is 15. The Labute approximate surface area is 473 Å². The monoisotopic (exact) mass is 1160 g/mol. The van der Waals surface area contributed by atoms with E-state index in [0.717, 1.165) is 108 Å². The summed E-state index contributed by atoms with van der Waals surface area (Å²) in [7, 11) is -9.87. The van der Waals surface area contributed by atoms with Gasteiger partial charge in [-0.25, -0.2) is 9.13 Å². The van der Waals surface area contributed by atoms with Crippen LogP contribution in [0.25, 0.3) is 0 Å². The molecule has 0 heterocycles. The summed E-state index contributed by atoms with van der Waals surface area (Å²) in [6, 6.07) is 0. The molecule has 0 spiro atoms. The normalized spacial score (nSPS) is 14.5. The van der Waals surface area contributed by atoms with Crippen molar-refractivity contribution in [2.24, 2.45) is 17.8 Å². The zero-order chi connectivity index (χ0) is 58.1. The highest BCUT2D eigenvalue weighted by Crippen LogP contribution is 2.45. The SMILES string of the molecule is CCCCCCCC(=O)OC[C@H](COP(=O)(O)OC[C@H](O)COP(=O)(O)OC[C@@H](COC(=O)CCCCCCCCCCC(C)C)OC(=O)CCCCCCCCCCCC(C)C)OC(=O)CCCCCCCCCC(C)C. The summed E-state index contributed by atoms with van der Waals surface area (Å²) in [6.07, 6.45) is 29.8. The van der Waals surface area contributed by atoms with Gasteiger partial charge in [-0.3, -0.25) is 37.3 Å². The lowest BCUT2D eigenvalue weighted by molar-refractivity contribution is -0.161. The quantitative estimate of drug-likeness (QED) is 0.0222. The fourth-order valence-corrected chi connectivity index (χ4v) is 10.2. The molecule has 0 amide bonds. The van der Waals surface area contributed by atoms with E-state index in [1.165, 1.54) is 83.5 Å². The summed E-state index contributed by atoms with van der Waals surface area (Å²) in [5.74, 6) is 0.00275. The summed E-state index contributed by atoms with van der Waals surface area (Å²) in [5.41, 5.74) is 0. The number of hydrogen-bond donors (Lipinski definition) is 3. The lowest BCUT2D eigenvalue weighted by Crippen LogP contribution is -2.30. The van der Waals surface area contributed by atoms with E-state index < -0.39 is 97.5 Å². The van der Waals surface area contributed by atoms with E-state index in [-0.39, 0.29) is 25.7 Å². The molecule has 19 heteroatoms. The summed E-state index contributed by atoms with van der Waals surface area (Å²) in [6.45, 7) is 11.5. The summed E-state index contributed by atoms with van der Waals surface area (Å²) in [4.78, 5) is 71.7. The van der Waals surface area contributed by atoms with Crippen molar-refractivity contribution in [2.75, 3.05) is 39.6 Å². The number of ether oxygens (including phenoxy) is 4. The van der Waals surface area contributed by atoms with Crippen molar-refractivity contribution in [1.29, 1.82) is 0 Å². The van der Waals surface area contributed by atoms with E-state index >= 15 is 0 Å². The topological polar surface area (TPSA) is 237 Å². The molecule has 0 aliphatic carbocycles. The molecule has 0 fully saturated rings. The maximum atomic E-state index is 12.9. The second kappa shape index (κ2) is 50.8. The maximum absolute atomic E-state index is 12.9. The average Bonchev–Trinajstić information content (AvgIpc) is 3.38. The van der Waals surface area contributed by atoms with E-state index in [9.17, 15) is 43.2 Å². The van der Waals surface area contributed by atoms with Crippen LogP contribution in [-0.4, -0.2) is 96.7 Å². The Morgan fingerprint density at radius 3 is 0.872 bits per heavy atom. The molecule has 0 aromatic rings. The van der Waals surface area contributed by atoms with Crippen molar-refractivity contribution in [3.63, 3.8) is 0 Å². The molecule has 5 atom stereocenters. The van der Waals surface area contributed by atoms with Crippen LogP contribution in [0.2, 0.25) is 0 Å². The van der Waals surface area contributed by atoms with Crippen LogP contribution in [0, 0.1) is 17.8 Å². The first-order valence-corrected chi connectivity index (χ1v) is 33.8. The van der Waals surface area contributed by atoms with Gasteiger partial charge >= 0.3 is 39.5 Å². The highest BCUT2D eigenvalue weighted by atomic mass is 31.2. The molecule has 3 N–H and O–H groups in total. The molecule has 0 aliphatic rings. The largest absolute Gasteiger partial charge is 0.472 e. The minimum atomic E-state index is -4.94. The summed E-state index contributed by atoms with van der Waals surface area (Å²) in [5, 5.41) is 10.5. The molecule has 78 heavy (non-hydrogen) atoms. The highest BCUT2D eigenvalue weighted by molar-refractivity contribution is 7.47. The van der Waals surface area contributed by atoms with Crippen LogP contribution in [0.4, 0.5) is 0 Å². The van der Waals surface area contributed by atoms with Gasteiger partial charge in [0.2, 0.25) is 0 Å². The number of phosphoric acid groups is 2. The molecule has 2 unspecified atom stereocenters. The third kappa shape index (κ3) is 53.4. The van der Waals surface area contributed by atoms with Gasteiger partial charge in [0.05, 0.1) is 26.4 Å². The van der Waals surface area contributed by atoms with Crippen molar-refractivity contribution in [2.45, 2.75) is 298 Å².